The number of aromatic nitrogens is 2. The van der Waals surface area contributed by atoms with Gasteiger partial charge in [-0.05, 0) is 42.3 Å². The van der Waals surface area contributed by atoms with Crippen LogP contribution in [0.2, 0.25) is 10.0 Å². The number of rotatable bonds is 5. The molecule has 26 heavy (non-hydrogen) atoms. The van der Waals surface area contributed by atoms with Crippen molar-refractivity contribution in [1.29, 1.82) is 0 Å². The average molecular weight is 392 g/mol. The van der Waals surface area contributed by atoms with Crippen molar-refractivity contribution in [2.75, 3.05) is 12.4 Å². The first-order valence-electron chi connectivity index (χ1n) is 7.68. The Morgan fingerprint density at radius 3 is 2.69 bits per heavy atom. The number of anilines is 1. The van der Waals surface area contributed by atoms with E-state index in [1.807, 2.05) is 25.1 Å². The number of nitrogens with zero attached hydrogens (tertiary/aromatic N) is 2. The van der Waals surface area contributed by atoms with Crippen molar-refractivity contribution in [1.82, 2.24) is 10.2 Å². The van der Waals surface area contributed by atoms with Crippen LogP contribution in [-0.4, -0.2) is 23.2 Å². The minimum atomic E-state index is -0.271. The monoisotopic (exact) mass is 391 g/mol. The van der Waals surface area contributed by atoms with Gasteiger partial charge in [-0.15, -0.1) is 5.10 Å². The van der Waals surface area contributed by atoms with Crippen LogP contribution in [0.3, 0.4) is 0 Å². The Morgan fingerprint density at radius 2 is 2.00 bits per heavy atom. The Labute approximate surface area is 160 Å². The Morgan fingerprint density at radius 1 is 1.19 bits per heavy atom. The van der Waals surface area contributed by atoms with E-state index in [1.165, 1.54) is 0 Å². The van der Waals surface area contributed by atoms with E-state index in [1.54, 1.807) is 25.3 Å². The molecular weight excluding hydrogens is 377 g/mol. The first-order chi connectivity index (χ1) is 12.5. The molecule has 0 aliphatic heterocycles. The van der Waals surface area contributed by atoms with Crippen LogP contribution in [0.15, 0.2) is 40.8 Å². The number of methoxy groups -OCH3 is 1. The lowest BCUT2D eigenvalue weighted by atomic mass is 10.1. The number of carbonyl (C=O) groups excluding carboxylic acids is 1. The third kappa shape index (κ3) is 4.15. The van der Waals surface area contributed by atoms with Crippen molar-refractivity contribution in [3.63, 3.8) is 0 Å². The summed E-state index contributed by atoms with van der Waals surface area (Å²) in [5.41, 5.74) is 2.34. The van der Waals surface area contributed by atoms with E-state index in [0.29, 0.717) is 15.6 Å². The Bertz CT molecular complexity index is 957. The highest BCUT2D eigenvalue weighted by Crippen LogP contribution is 2.30. The van der Waals surface area contributed by atoms with Gasteiger partial charge in [0.1, 0.15) is 5.75 Å². The summed E-state index contributed by atoms with van der Waals surface area (Å²) < 4.78 is 10.7. The van der Waals surface area contributed by atoms with Gasteiger partial charge in [-0.3, -0.25) is 10.1 Å². The second kappa shape index (κ2) is 7.76. The molecule has 0 saturated heterocycles. The van der Waals surface area contributed by atoms with Crippen molar-refractivity contribution in [2.24, 2.45) is 0 Å². The van der Waals surface area contributed by atoms with Crippen LogP contribution in [0, 0.1) is 6.92 Å². The Hall–Kier alpha value is -2.57. The van der Waals surface area contributed by atoms with Gasteiger partial charge in [-0.2, -0.15) is 0 Å². The maximum absolute atomic E-state index is 12.2. The summed E-state index contributed by atoms with van der Waals surface area (Å²) in [4.78, 5) is 12.2. The summed E-state index contributed by atoms with van der Waals surface area (Å²) in [5.74, 6) is 0.699. The second-order valence-corrected chi connectivity index (χ2v) is 6.41. The van der Waals surface area contributed by atoms with Crippen LogP contribution in [0.4, 0.5) is 6.01 Å². The molecule has 0 bridgehead atoms. The fourth-order valence-corrected chi connectivity index (χ4v) is 2.93. The van der Waals surface area contributed by atoms with Gasteiger partial charge in [-0.25, -0.2) is 0 Å². The number of ether oxygens (including phenoxy) is 1. The number of amides is 1. The summed E-state index contributed by atoms with van der Waals surface area (Å²) in [5, 5.41) is 11.2. The third-order valence-corrected chi connectivity index (χ3v) is 4.20. The number of carbonyl (C=O) groups is 1. The van der Waals surface area contributed by atoms with E-state index in [4.69, 9.17) is 32.4 Å². The van der Waals surface area contributed by atoms with Gasteiger partial charge in [0.15, 0.2) is 0 Å². The molecule has 0 fully saturated rings. The zero-order valence-electron chi connectivity index (χ0n) is 14.0. The summed E-state index contributed by atoms with van der Waals surface area (Å²) in [6.45, 7) is 1.92. The maximum Gasteiger partial charge on any atom is 0.322 e. The lowest BCUT2D eigenvalue weighted by Crippen LogP contribution is -2.14. The molecule has 6 nitrogen and oxygen atoms in total. The van der Waals surface area contributed by atoms with E-state index in [-0.39, 0.29) is 24.2 Å². The van der Waals surface area contributed by atoms with Gasteiger partial charge in [0, 0.05) is 5.02 Å². The highest BCUT2D eigenvalue weighted by molar-refractivity contribution is 6.36. The van der Waals surface area contributed by atoms with Gasteiger partial charge in [0.2, 0.25) is 5.91 Å². The molecule has 0 aliphatic rings. The smallest absolute Gasteiger partial charge is 0.322 e. The molecule has 1 aromatic heterocycles. The molecule has 2 aromatic carbocycles. The molecule has 0 unspecified atom stereocenters. The van der Waals surface area contributed by atoms with E-state index >= 15 is 0 Å². The number of benzene rings is 2. The van der Waals surface area contributed by atoms with Crippen LogP contribution in [0.5, 0.6) is 5.75 Å². The molecule has 3 rings (SSSR count). The molecule has 0 atom stereocenters. The zero-order valence-corrected chi connectivity index (χ0v) is 15.6. The standard InChI is InChI=1S/C18H15Cl2N3O3/c1-10-7-11(3-6-15(10)25-2)8-16(24)21-18-23-22-17(26-18)13-5-4-12(19)9-14(13)20/h3-7,9H,8H2,1-2H3,(H,21,23,24). The summed E-state index contributed by atoms with van der Waals surface area (Å²) in [7, 11) is 1.61. The minimum Gasteiger partial charge on any atom is -0.496 e. The molecular formula is C18H15Cl2N3O3. The number of aryl methyl sites for hydroxylation is 1. The normalized spacial score (nSPS) is 10.6. The first-order valence-corrected chi connectivity index (χ1v) is 8.44. The number of hydrogen-bond acceptors (Lipinski definition) is 5. The van der Waals surface area contributed by atoms with E-state index in [9.17, 15) is 4.79 Å². The molecule has 134 valence electrons. The van der Waals surface area contributed by atoms with Gasteiger partial charge in [0.25, 0.3) is 5.89 Å². The van der Waals surface area contributed by atoms with Crippen molar-refractivity contribution in [3.05, 3.63) is 57.6 Å². The fourth-order valence-electron chi connectivity index (χ4n) is 2.44. The third-order valence-electron chi connectivity index (χ3n) is 3.66. The summed E-state index contributed by atoms with van der Waals surface area (Å²) in [6.07, 6.45) is 0.171. The van der Waals surface area contributed by atoms with E-state index < -0.39 is 0 Å². The highest BCUT2D eigenvalue weighted by Gasteiger charge is 2.14. The molecule has 0 saturated carbocycles. The highest BCUT2D eigenvalue weighted by atomic mass is 35.5. The summed E-state index contributed by atoms with van der Waals surface area (Å²) in [6, 6.07) is 10.5. The molecule has 0 aliphatic carbocycles. The van der Waals surface area contributed by atoms with Crippen molar-refractivity contribution >= 4 is 35.1 Å². The van der Waals surface area contributed by atoms with Crippen molar-refractivity contribution in [2.45, 2.75) is 13.3 Å². The predicted molar refractivity (Wildman–Crippen MR) is 99.8 cm³/mol. The molecule has 0 radical (unpaired) electrons. The SMILES string of the molecule is COc1ccc(CC(=O)Nc2nnc(-c3ccc(Cl)cc3Cl)o2)cc1C. The van der Waals surface area contributed by atoms with Crippen LogP contribution in [0.25, 0.3) is 11.5 Å². The topological polar surface area (TPSA) is 77.2 Å². The van der Waals surface area contributed by atoms with Gasteiger partial charge in [0.05, 0.1) is 24.1 Å². The molecule has 3 aromatic rings. The van der Waals surface area contributed by atoms with Gasteiger partial charge >= 0.3 is 6.01 Å². The van der Waals surface area contributed by atoms with E-state index in [2.05, 4.69) is 15.5 Å². The van der Waals surface area contributed by atoms with Crippen LogP contribution in [-0.2, 0) is 11.2 Å². The van der Waals surface area contributed by atoms with E-state index in [0.717, 1.165) is 16.9 Å². The molecule has 0 spiro atoms. The summed E-state index contributed by atoms with van der Waals surface area (Å²) >= 11 is 12.0. The van der Waals surface area contributed by atoms with Gasteiger partial charge < -0.3 is 9.15 Å². The molecule has 1 heterocycles. The maximum atomic E-state index is 12.2. The lowest BCUT2D eigenvalue weighted by molar-refractivity contribution is -0.115. The zero-order chi connectivity index (χ0) is 18.7. The Kier molecular flexibility index (Phi) is 5.44. The molecule has 1 amide bonds. The number of nitrogens with one attached hydrogen (secondary N) is 1. The lowest BCUT2D eigenvalue weighted by Gasteiger charge is -2.07. The average Bonchev–Trinajstić information content (AvgIpc) is 3.03. The first kappa shape index (κ1) is 18.2. The minimum absolute atomic E-state index is 0.00116. The fraction of sp³-hybridized carbons (Fsp3) is 0.167. The molecule has 1 N–H and O–H groups in total. The number of halogens is 2. The van der Waals surface area contributed by atoms with Crippen molar-refractivity contribution in [3.8, 4) is 17.2 Å². The largest absolute Gasteiger partial charge is 0.496 e. The Balaban J connectivity index is 1.69. The van der Waals surface area contributed by atoms with Gasteiger partial charge in [-0.1, -0.05) is 40.4 Å². The van der Waals surface area contributed by atoms with Crippen molar-refractivity contribution < 1.29 is 13.9 Å². The van der Waals surface area contributed by atoms with Crippen LogP contribution >= 0.6 is 23.2 Å². The number of hydrogen-bond donors (Lipinski definition) is 1. The predicted octanol–water partition coefficient (Wildman–Crippen LogP) is 4.54. The quantitative estimate of drug-likeness (QED) is 0.690. The molecule has 8 heteroatoms. The van der Waals surface area contributed by atoms with Crippen LogP contribution in [0.1, 0.15) is 11.1 Å². The van der Waals surface area contributed by atoms with Crippen LogP contribution < -0.4 is 10.1 Å². The second-order valence-electron chi connectivity index (χ2n) is 5.57.